The van der Waals surface area contributed by atoms with Gasteiger partial charge >= 0.3 is 0 Å². The summed E-state index contributed by atoms with van der Waals surface area (Å²) in [7, 11) is 1.82. The Balaban J connectivity index is 1.67. The van der Waals surface area contributed by atoms with Gasteiger partial charge in [-0.2, -0.15) is 0 Å². The highest BCUT2D eigenvalue weighted by molar-refractivity contribution is 7.10. The summed E-state index contributed by atoms with van der Waals surface area (Å²) >= 11 is 1.81. The standard InChI is InChI=1S/C16H25N3OS/c1-13(15-4-3-11-21-15)12-19-16(17-2)18-8-5-14-6-9-20-10-7-14/h3-4,6,11,13H,5,7-10,12H2,1-2H3,(H2,17,18,19). The fraction of sp³-hybridized carbons (Fsp3) is 0.562. The molecule has 0 aliphatic carbocycles. The third kappa shape index (κ3) is 5.52. The Hall–Kier alpha value is -1.33. The molecule has 1 atom stereocenters. The van der Waals surface area contributed by atoms with E-state index in [2.05, 4.69) is 46.1 Å². The number of nitrogens with one attached hydrogen (secondary N) is 2. The van der Waals surface area contributed by atoms with Gasteiger partial charge < -0.3 is 15.4 Å². The summed E-state index contributed by atoms with van der Waals surface area (Å²) in [6.45, 7) is 5.67. The third-order valence-corrected chi connectivity index (χ3v) is 4.73. The van der Waals surface area contributed by atoms with Crippen LogP contribution in [0.15, 0.2) is 34.2 Å². The molecule has 5 heteroatoms. The van der Waals surface area contributed by atoms with Gasteiger partial charge in [-0.1, -0.05) is 24.6 Å². The molecule has 0 saturated heterocycles. The first-order valence-electron chi connectivity index (χ1n) is 7.53. The van der Waals surface area contributed by atoms with Crippen LogP contribution < -0.4 is 10.6 Å². The van der Waals surface area contributed by atoms with Crippen LogP contribution in [0.1, 0.15) is 30.6 Å². The lowest BCUT2D eigenvalue weighted by atomic mass is 10.1. The number of rotatable bonds is 6. The normalized spacial score (nSPS) is 17.2. The molecule has 0 spiro atoms. The van der Waals surface area contributed by atoms with Crippen LogP contribution in [0.3, 0.4) is 0 Å². The number of guanidine groups is 1. The van der Waals surface area contributed by atoms with Crippen LogP contribution in [0.4, 0.5) is 0 Å². The Kier molecular flexibility index (Phi) is 6.76. The lowest BCUT2D eigenvalue weighted by Gasteiger charge is -2.17. The van der Waals surface area contributed by atoms with Gasteiger partial charge in [-0.05, 0) is 24.3 Å². The van der Waals surface area contributed by atoms with Crippen LogP contribution in [0.25, 0.3) is 0 Å². The first-order chi connectivity index (χ1) is 10.3. The fourth-order valence-electron chi connectivity index (χ4n) is 2.28. The van der Waals surface area contributed by atoms with E-state index >= 15 is 0 Å². The van der Waals surface area contributed by atoms with Crippen molar-refractivity contribution in [3.63, 3.8) is 0 Å². The zero-order valence-corrected chi connectivity index (χ0v) is 13.7. The Bertz CT molecular complexity index is 468. The molecule has 0 fully saturated rings. The summed E-state index contributed by atoms with van der Waals surface area (Å²) in [5, 5.41) is 8.90. The zero-order chi connectivity index (χ0) is 14.9. The number of aliphatic imine (C=N–C) groups is 1. The van der Waals surface area contributed by atoms with Gasteiger partial charge in [0.25, 0.3) is 0 Å². The summed E-state index contributed by atoms with van der Waals surface area (Å²) in [5.41, 5.74) is 1.48. The van der Waals surface area contributed by atoms with E-state index in [0.29, 0.717) is 5.92 Å². The molecule has 1 aliphatic rings. The lowest BCUT2D eigenvalue weighted by molar-refractivity contribution is 0.153. The second-order valence-corrected chi connectivity index (χ2v) is 6.21. The van der Waals surface area contributed by atoms with Crippen molar-refractivity contribution in [1.29, 1.82) is 0 Å². The van der Waals surface area contributed by atoms with E-state index in [1.807, 2.05) is 18.4 Å². The zero-order valence-electron chi connectivity index (χ0n) is 12.9. The molecule has 1 unspecified atom stereocenters. The monoisotopic (exact) mass is 307 g/mol. The van der Waals surface area contributed by atoms with Gasteiger partial charge in [0.2, 0.25) is 0 Å². The number of nitrogens with zero attached hydrogens (tertiary/aromatic N) is 1. The van der Waals surface area contributed by atoms with Crippen molar-refractivity contribution >= 4 is 17.3 Å². The average molecular weight is 307 g/mol. The molecule has 2 N–H and O–H groups in total. The molecule has 1 aliphatic heterocycles. The molecule has 116 valence electrons. The second-order valence-electron chi connectivity index (χ2n) is 5.23. The maximum atomic E-state index is 5.32. The first kappa shape index (κ1) is 16.0. The molecule has 0 saturated carbocycles. The third-order valence-electron chi connectivity index (χ3n) is 3.62. The van der Waals surface area contributed by atoms with Crippen LogP contribution in [0, 0.1) is 0 Å². The van der Waals surface area contributed by atoms with Crippen LogP contribution in [0.2, 0.25) is 0 Å². The van der Waals surface area contributed by atoms with Gasteiger partial charge in [0, 0.05) is 30.9 Å². The first-order valence-corrected chi connectivity index (χ1v) is 8.41. The van der Waals surface area contributed by atoms with E-state index in [0.717, 1.165) is 45.1 Å². The molecular formula is C16H25N3OS. The Labute approximate surface area is 131 Å². The van der Waals surface area contributed by atoms with Gasteiger partial charge in [-0.25, -0.2) is 0 Å². The predicted molar refractivity (Wildman–Crippen MR) is 90.2 cm³/mol. The van der Waals surface area contributed by atoms with Gasteiger partial charge in [-0.3, -0.25) is 4.99 Å². The Morgan fingerprint density at radius 2 is 2.38 bits per heavy atom. The predicted octanol–water partition coefficient (Wildman–Crippen LogP) is 2.75. The van der Waals surface area contributed by atoms with Crippen molar-refractivity contribution in [3.8, 4) is 0 Å². The Morgan fingerprint density at radius 1 is 1.48 bits per heavy atom. The number of thiophene rings is 1. The molecule has 4 nitrogen and oxygen atoms in total. The van der Waals surface area contributed by atoms with Crippen LogP contribution in [-0.4, -0.2) is 39.3 Å². The van der Waals surface area contributed by atoms with Gasteiger partial charge in [-0.15, -0.1) is 11.3 Å². The summed E-state index contributed by atoms with van der Waals surface area (Å²) in [4.78, 5) is 5.69. The minimum atomic E-state index is 0.502. The summed E-state index contributed by atoms with van der Waals surface area (Å²) in [6.07, 6.45) is 4.31. The van der Waals surface area contributed by atoms with Crippen LogP contribution in [-0.2, 0) is 4.74 Å². The van der Waals surface area contributed by atoms with Crippen molar-refractivity contribution in [2.45, 2.75) is 25.7 Å². The molecule has 1 aromatic rings. The highest BCUT2D eigenvalue weighted by Crippen LogP contribution is 2.19. The average Bonchev–Trinajstić information content (AvgIpc) is 3.06. The molecule has 21 heavy (non-hydrogen) atoms. The van der Waals surface area contributed by atoms with Crippen molar-refractivity contribution in [1.82, 2.24) is 10.6 Å². The molecular weight excluding hydrogens is 282 g/mol. The van der Waals surface area contributed by atoms with E-state index in [1.54, 1.807) is 0 Å². The Morgan fingerprint density at radius 3 is 3.05 bits per heavy atom. The minimum Gasteiger partial charge on any atom is -0.377 e. The molecule has 0 aromatic carbocycles. The quantitative estimate of drug-likeness (QED) is 0.482. The van der Waals surface area contributed by atoms with E-state index in [-0.39, 0.29) is 0 Å². The van der Waals surface area contributed by atoms with E-state index in [4.69, 9.17) is 4.74 Å². The van der Waals surface area contributed by atoms with E-state index in [1.165, 1.54) is 10.5 Å². The van der Waals surface area contributed by atoms with E-state index < -0.39 is 0 Å². The minimum absolute atomic E-state index is 0.502. The topological polar surface area (TPSA) is 45.7 Å². The molecule has 2 rings (SSSR count). The molecule has 0 amide bonds. The number of hydrogen-bond donors (Lipinski definition) is 2. The number of hydrogen-bond acceptors (Lipinski definition) is 3. The second kappa shape index (κ2) is 8.85. The molecule has 0 radical (unpaired) electrons. The maximum Gasteiger partial charge on any atom is 0.191 e. The highest BCUT2D eigenvalue weighted by Gasteiger charge is 2.08. The van der Waals surface area contributed by atoms with Gasteiger partial charge in [0.1, 0.15) is 0 Å². The summed E-state index contributed by atoms with van der Waals surface area (Å²) < 4.78 is 5.32. The fourth-order valence-corrected chi connectivity index (χ4v) is 3.06. The molecule has 1 aromatic heterocycles. The van der Waals surface area contributed by atoms with Crippen LogP contribution >= 0.6 is 11.3 Å². The molecule has 2 heterocycles. The van der Waals surface area contributed by atoms with Crippen LogP contribution in [0.5, 0.6) is 0 Å². The SMILES string of the molecule is CN=C(NCCC1=CCOCC1)NCC(C)c1cccs1. The largest absolute Gasteiger partial charge is 0.377 e. The number of ether oxygens (including phenoxy) is 1. The van der Waals surface area contributed by atoms with Crippen molar-refractivity contribution < 1.29 is 4.74 Å². The van der Waals surface area contributed by atoms with Crippen molar-refractivity contribution in [2.75, 3.05) is 33.4 Å². The van der Waals surface area contributed by atoms with Crippen molar-refractivity contribution in [2.24, 2.45) is 4.99 Å². The molecule has 0 bridgehead atoms. The van der Waals surface area contributed by atoms with Crippen molar-refractivity contribution in [3.05, 3.63) is 34.0 Å². The lowest BCUT2D eigenvalue weighted by Crippen LogP contribution is -2.39. The maximum absolute atomic E-state index is 5.32. The summed E-state index contributed by atoms with van der Waals surface area (Å²) in [5.74, 6) is 1.38. The highest BCUT2D eigenvalue weighted by atomic mass is 32.1. The smallest absolute Gasteiger partial charge is 0.191 e. The van der Waals surface area contributed by atoms with Gasteiger partial charge in [0.05, 0.1) is 13.2 Å². The summed E-state index contributed by atoms with van der Waals surface area (Å²) in [6, 6.07) is 4.29. The van der Waals surface area contributed by atoms with Gasteiger partial charge in [0.15, 0.2) is 5.96 Å². The van der Waals surface area contributed by atoms with E-state index in [9.17, 15) is 0 Å².